The Hall–Kier alpha value is -7.08. The number of aromatic nitrogens is 4. The molecule has 5 heteroatoms. The van der Waals surface area contributed by atoms with Gasteiger partial charge in [-0.2, -0.15) is 0 Å². The molecule has 0 fully saturated rings. The maximum Gasteiger partial charge on any atom is 0.165 e. The van der Waals surface area contributed by atoms with Crippen LogP contribution in [0.3, 0.4) is 0 Å². The van der Waals surface area contributed by atoms with E-state index in [9.17, 15) is 0 Å². The molecule has 0 saturated carbocycles. The molecule has 0 unspecified atom stereocenters. The highest BCUT2D eigenvalue weighted by Gasteiger charge is 2.51. The highest BCUT2D eigenvalue weighted by molar-refractivity contribution is 6.88. The number of hydrogen-bond donors (Lipinski definition) is 0. The van der Waals surface area contributed by atoms with Gasteiger partial charge in [0, 0.05) is 29.1 Å². The third kappa shape index (κ3) is 5.64. The van der Waals surface area contributed by atoms with Gasteiger partial charge in [0.05, 0.1) is 13.5 Å². The lowest BCUT2D eigenvalue weighted by molar-refractivity contribution is 0.794. The summed E-state index contributed by atoms with van der Waals surface area (Å²) in [5.41, 5.74) is 17.4. The molecule has 2 aliphatic carbocycles. The summed E-state index contributed by atoms with van der Waals surface area (Å²) < 4.78 is 0. The number of hydrogen-bond acceptors (Lipinski definition) is 4. The lowest BCUT2D eigenvalue weighted by atomic mass is 9.70. The molecule has 4 nitrogen and oxygen atoms in total. The fraction of sp³-hybridized carbons (Fsp3) is 0.0741. The van der Waals surface area contributed by atoms with Gasteiger partial charge in [-0.05, 0) is 97.1 Å². The van der Waals surface area contributed by atoms with Crippen LogP contribution in [0.1, 0.15) is 22.3 Å². The zero-order valence-corrected chi connectivity index (χ0v) is 34.2. The topological polar surface area (TPSA) is 51.6 Å². The van der Waals surface area contributed by atoms with E-state index >= 15 is 0 Å². The van der Waals surface area contributed by atoms with Crippen LogP contribution in [0.5, 0.6) is 0 Å². The molecule has 0 saturated heterocycles. The van der Waals surface area contributed by atoms with Gasteiger partial charge in [0.1, 0.15) is 0 Å². The van der Waals surface area contributed by atoms with E-state index in [0.717, 1.165) is 27.8 Å². The molecule has 9 aromatic rings. The van der Waals surface area contributed by atoms with Crippen LogP contribution in [0.2, 0.25) is 19.6 Å². The predicted octanol–water partition coefficient (Wildman–Crippen LogP) is 12.5. The van der Waals surface area contributed by atoms with Crippen LogP contribution >= 0.6 is 0 Å². The average Bonchev–Trinajstić information content (AvgIpc) is 3.76. The highest BCUT2D eigenvalue weighted by atomic mass is 28.3. The van der Waals surface area contributed by atoms with Crippen molar-refractivity contribution in [3.05, 3.63) is 211 Å². The van der Waals surface area contributed by atoms with E-state index in [2.05, 4.69) is 158 Å². The van der Waals surface area contributed by atoms with Crippen LogP contribution in [-0.4, -0.2) is 28.0 Å². The van der Waals surface area contributed by atoms with Crippen LogP contribution in [0.15, 0.2) is 188 Å². The summed E-state index contributed by atoms with van der Waals surface area (Å²) in [5.74, 6) is 1.84. The Balaban J connectivity index is 1.08. The Kier molecular flexibility index (Phi) is 8.04. The van der Waals surface area contributed by atoms with Crippen molar-refractivity contribution in [1.29, 1.82) is 0 Å². The smallest absolute Gasteiger partial charge is 0.165 e. The van der Waals surface area contributed by atoms with Crippen LogP contribution in [0.4, 0.5) is 0 Å². The molecular weight excluding hydrogens is 733 g/mol. The summed E-state index contributed by atoms with van der Waals surface area (Å²) in [7, 11) is -1.42. The first kappa shape index (κ1) is 35.1. The van der Waals surface area contributed by atoms with Gasteiger partial charge < -0.3 is 0 Å². The van der Waals surface area contributed by atoms with Gasteiger partial charge >= 0.3 is 0 Å². The van der Waals surface area contributed by atoms with Gasteiger partial charge in [0.25, 0.3) is 0 Å². The van der Waals surface area contributed by atoms with Crippen molar-refractivity contribution >= 4 is 13.3 Å². The van der Waals surface area contributed by atoms with E-state index in [-0.39, 0.29) is 0 Å². The van der Waals surface area contributed by atoms with Crippen molar-refractivity contribution in [3.63, 3.8) is 0 Å². The zero-order chi connectivity index (χ0) is 39.7. The van der Waals surface area contributed by atoms with E-state index in [4.69, 9.17) is 15.0 Å². The lowest BCUT2D eigenvalue weighted by Crippen LogP contribution is -2.37. The Morgan fingerprint density at radius 3 is 1.44 bits per heavy atom. The molecule has 59 heavy (non-hydrogen) atoms. The van der Waals surface area contributed by atoms with E-state index in [1.807, 2.05) is 42.5 Å². The minimum absolute atomic E-state index is 0.475. The Morgan fingerprint density at radius 1 is 0.356 bits per heavy atom. The second-order valence-corrected chi connectivity index (χ2v) is 21.8. The number of benzene rings is 7. The van der Waals surface area contributed by atoms with Crippen LogP contribution in [-0.2, 0) is 5.41 Å². The van der Waals surface area contributed by atoms with Gasteiger partial charge in [0.15, 0.2) is 17.5 Å². The zero-order valence-electron chi connectivity index (χ0n) is 33.2. The number of nitrogens with zero attached hydrogens (tertiary/aromatic N) is 4. The fourth-order valence-corrected chi connectivity index (χ4v) is 10.5. The normalized spacial score (nSPS) is 13.1. The van der Waals surface area contributed by atoms with Crippen molar-refractivity contribution in [2.24, 2.45) is 0 Å². The van der Waals surface area contributed by atoms with Gasteiger partial charge in [-0.25, -0.2) is 15.0 Å². The first-order valence-electron chi connectivity index (χ1n) is 20.3. The van der Waals surface area contributed by atoms with Crippen molar-refractivity contribution < 1.29 is 0 Å². The molecule has 7 aromatic carbocycles. The highest BCUT2D eigenvalue weighted by Crippen LogP contribution is 2.63. The van der Waals surface area contributed by atoms with E-state index in [1.54, 1.807) is 12.4 Å². The summed E-state index contributed by atoms with van der Waals surface area (Å²) in [5, 5.41) is 1.47. The molecule has 1 spiro atoms. The predicted molar refractivity (Wildman–Crippen MR) is 244 cm³/mol. The van der Waals surface area contributed by atoms with Crippen LogP contribution in [0, 0.1) is 0 Å². The lowest BCUT2D eigenvalue weighted by Gasteiger charge is -2.31. The van der Waals surface area contributed by atoms with E-state index in [1.165, 1.54) is 60.8 Å². The van der Waals surface area contributed by atoms with Gasteiger partial charge in [0.2, 0.25) is 0 Å². The largest absolute Gasteiger partial charge is 0.264 e. The van der Waals surface area contributed by atoms with Crippen molar-refractivity contribution in [3.8, 4) is 78.7 Å². The summed E-state index contributed by atoms with van der Waals surface area (Å²) in [6.07, 6.45) is 3.57. The molecule has 0 N–H and O–H groups in total. The molecular formula is C54H40N4Si. The molecule has 280 valence electrons. The van der Waals surface area contributed by atoms with Crippen LogP contribution in [0.25, 0.3) is 78.7 Å². The second kappa shape index (κ2) is 13.5. The maximum absolute atomic E-state index is 5.04. The van der Waals surface area contributed by atoms with Gasteiger partial charge in [-0.1, -0.05) is 170 Å². The van der Waals surface area contributed by atoms with Gasteiger partial charge in [-0.15, -0.1) is 0 Å². The molecule has 0 radical (unpaired) electrons. The second-order valence-electron chi connectivity index (χ2n) is 16.7. The average molecular weight is 773 g/mol. The summed E-state index contributed by atoms with van der Waals surface area (Å²) in [6.45, 7) is 7.23. The first-order valence-corrected chi connectivity index (χ1v) is 23.8. The molecule has 2 heterocycles. The quantitative estimate of drug-likeness (QED) is 0.158. The third-order valence-corrected chi connectivity index (χ3v) is 14.3. The fourth-order valence-electron chi connectivity index (χ4n) is 9.34. The molecule has 0 amide bonds. The molecule has 11 rings (SSSR count). The molecule has 2 aliphatic rings. The standard InChI is InChI=1S/C54H40N4Si/c1-59(2,3)42-26-22-35(23-27-42)38-24-28-45-46-29-25-39(33-50(46)54(49(45)32-38)47-20-9-7-18-43(47)44-19-8-10-21-48(44)54)37-15-11-16-40(31-37)52-56-51(36-13-5-4-6-14-36)57-53(58-52)41-17-12-30-55-34-41/h4-34H,1-3H3. The SMILES string of the molecule is C[Si](C)(C)c1ccc(-c2ccc3c(c2)C2(c4ccccc4-c4ccccc42)c2cc(-c4cccc(-c5nc(-c6ccccc6)nc(-c6cccnc6)n5)c4)ccc2-3)cc1. The molecule has 0 atom stereocenters. The minimum Gasteiger partial charge on any atom is -0.264 e. The Labute approximate surface area is 346 Å². The molecule has 0 bridgehead atoms. The first-order chi connectivity index (χ1) is 28.9. The summed E-state index contributed by atoms with van der Waals surface area (Å²) in [4.78, 5) is 19.3. The Bertz CT molecular complexity index is 2970. The van der Waals surface area contributed by atoms with Gasteiger partial charge in [-0.3, -0.25) is 4.98 Å². The Morgan fingerprint density at radius 2 is 0.831 bits per heavy atom. The van der Waals surface area contributed by atoms with Crippen molar-refractivity contribution in [2.45, 2.75) is 25.1 Å². The van der Waals surface area contributed by atoms with Crippen molar-refractivity contribution in [2.75, 3.05) is 0 Å². The maximum atomic E-state index is 5.04. The summed E-state index contributed by atoms with van der Waals surface area (Å²) >= 11 is 0. The van der Waals surface area contributed by atoms with E-state index in [0.29, 0.717) is 17.5 Å². The minimum atomic E-state index is -1.42. The third-order valence-electron chi connectivity index (χ3n) is 12.2. The number of pyridine rings is 1. The number of fused-ring (bicyclic) bond motifs is 10. The molecule has 0 aliphatic heterocycles. The monoisotopic (exact) mass is 772 g/mol. The molecule has 2 aromatic heterocycles. The van der Waals surface area contributed by atoms with E-state index < -0.39 is 13.5 Å². The summed E-state index contributed by atoms with van der Waals surface area (Å²) in [6, 6.07) is 64.2. The van der Waals surface area contributed by atoms with Crippen molar-refractivity contribution in [1.82, 2.24) is 19.9 Å². The number of rotatable bonds is 6. The van der Waals surface area contributed by atoms with Crippen LogP contribution < -0.4 is 5.19 Å².